The average molecular weight is 467 g/mol. The highest BCUT2D eigenvalue weighted by Crippen LogP contribution is 2.27. The van der Waals surface area contributed by atoms with E-state index in [9.17, 15) is 4.79 Å². The Kier molecular flexibility index (Phi) is 9.97. The van der Waals surface area contributed by atoms with E-state index in [2.05, 4.69) is 60.7 Å². The van der Waals surface area contributed by atoms with Crippen LogP contribution in [0.5, 0.6) is 0 Å². The van der Waals surface area contributed by atoms with Crippen molar-refractivity contribution in [3.63, 3.8) is 0 Å². The van der Waals surface area contributed by atoms with Crippen LogP contribution >= 0.6 is 24.8 Å². The highest BCUT2D eigenvalue weighted by Gasteiger charge is 2.34. The summed E-state index contributed by atoms with van der Waals surface area (Å²) in [5, 5.41) is 15.6. The van der Waals surface area contributed by atoms with E-state index >= 15 is 0 Å². The van der Waals surface area contributed by atoms with Crippen molar-refractivity contribution >= 4 is 42.6 Å². The number of nitrogens with zero attached hydrogens (tertiary/aromatic N) is 1. The number of rotatable bonds is 6. The van der Waals surface area contributed by atoms with E-state index in [1.807, 2.05) is 12.1 Å². The van der Waals surface area contributed by atoms with Crippen LogP contribution in [0.2, 0.25) is 0 Å². The molecule has 0 spiro atoms. The number of nitrogens with one attached hydrogen (secondary N) is 3. The molecule has 2 heterocycles. The third kappa shape index (κ3) is 7.51. The maximum absolute atomic E-state index is 11.1. The molecule has 3 rings (SSSR count). The molecule has 1 aliphatic rings. The molecule has 4 N–H and O–H groups in total. The number of hydroxylamine groups is 1. The van der Waals surface area contributed by atoms with Gasteiger partial charge >= 0.3 is 0 Å². The van der Waals surface area contributed by atoms with E-state index < -0.39 is 5.91 Å². The van der Waals surface area contributed by atoms with Gasteiger partial charge in [0.2, 0.25) is 0 Å². The first-order valence-corrected chi connectivity index (χ1v) is 9.96. The summed E-state index contributed by atoms with van der Waals surface area (Å²) >= 11 is 0. The molecule has 1 aromatic carbocycles. The Morgan fingerprint density at radius 2 is 1.90 bits per heavy atom. The van der Waals surface area contributed by atoms with Gasteiger partial charge in [0.05, 0.1) is 5.54 Å². The summed E-state index contributed by atoms with van der Waals surface area (Å²) in [6, 6.07) is 12.7. The minimum Gasteiger partial charge on any atom is -0.363 e. The second-order valence-corrected chi connectivity index (χ2v) is 8.74. The molecule has 2 aromatic rings. The normalized spacial score (nSPS) is 18.2. The zero-order chi connectivity index (χ0) is 20.9. The zero-order valence-electron chi connectivity index (χ0n) is 18.1. The van der Waals surface area contributed by atoms with Crippen LogP contribution in [0, 0.1) is 0 Å². The van der Waals surface area contributed by atoms with E-state index in [0.29, 0.717) is 0 Å². The van der Waals surface area contributed by atoms with E-state index in [1.165, 1.54) is 17.2 Å². The number of aromatic nitrogens is 1. The molecule has 1 saturated heterocycles. The van der Waals surface area contributed by atoms with Gasteiger partial charge < -0.3 is 10.6 Å². The van der Waals surface area contributed by atoms with Crippen LogP contribution in [-0.4, -0.2) is 34.7 Å². The molecular formula is C23H32Cl2N4O2. The van der Waals surface area contributed by atoms with Gasteiger partial charge in [-0.25, -0.2) is 10.5 Å². The molecular weight excluding hydrogens is 435 g/mol. The van der Waals surface area contributed by atoms with Gasteiger partial charge in [-0.2, -0.15) is 0 Å². The third-order valence-corrected chi connectivity index (χ3v) is 5.32. The van der Waals surface area contributed by atoms with Gasteiger partial charge in [-0.3, -0.25) is 10.0 Å². The molecule has 8 heteroatoms. The number of hydrogen-bond donors (Lipinski definition) is 4. The van der Waals surface area contributed by atoms with E-state index in [1.54, 1.807) is 17.8 Å². The van der Waals surface area contributed by atoms with E-state index in [-0.39, 0.29) is 35.8 Å². The molecule has 1 fully saturated rings. The van der Waals surface area contributed by atoms with Crippen molar-refractivity contribution in [2.45, 2.75) is 44.6 Å². The highest BCUT2D eigenvalue weighted by molar-refractivity contribution is 5.90. The number of hydrogen-bond acceptors (Lipinski definition) is 5. The van der Waals surface area contributed by atoms with Crippen molar-refractivity contribution in [2.75, 3.05) is 18.4 Å². The van der Waals surface area contributed by atoms with Crippen LogP contribution in [0.4, 0.5) is 5.82 Å². The van der Waals surface area contributed by atoms with Crippen LogP contribution in [0.25, 0.3) is 6.08 Å². The second kappa shape index (κ2) is 11.5. The topological polar surface area (TPSA) is 86.3 Å². The molecule has 1 aromatic heterocycles. The SMILES string of the molecule is CC(C)(C)c1ccc(C[C@@]2(Nc3ccc(/C=C/C(=O)NO)cn3)CCNC2)cc1.Cl.Cl. The Labute approximate surface area is 196 Å². The van der Waals surface area contributed by atoms with Crippen LogP contribution in [-0.2, 0) is 16.6 Å². The lowest BCUT2D eigenvalue weighted by Gasteiger charge is -2.31. The van der Waals surface area contributed by atoms with Crippen molar-refractivity contribution in [1.82, 2.24) is 15.8 Å². The number of halogens is 2. The molecule has 6 nitrogen and oxygen atoms in total. The summed E-state index contributed by atoms with van der Waals surface area (Å²) in [6.45, 7) is 8.55. The van der Waals surface area contributed by atoms with Gasteiger partial charge in [-0.15, -0.1) is 24.8 Å². The molecule has 0 bridgehead atoms. The van der Waals surface area contributed by atoms with Crippen LogP contribution in [0.1, 0.15) is 43.9 Å². The lowest BCUT2D eigenvalue weighted by Crippen LogP contribution is -2.43. The van der Waals surface area contributed by atoms with E-state index in [4.69, 9.17) is 5.21 Å². The molecule has 1 aliphatic heterocycles. The maximum atomic E-state index is 11.1. The molecule has 1 atom stereocenters. The Morgan fingerprint density at radius 3 is 2.42 bits per heavy atom. The first-order valence-electron chi connectivity index (χ1n) is 9.96. The average Bonchev–Trinajstić information content (AvgIpc) is 3.14. The predicted octanol–water partition coefficient (Wildman–Crippen LogP) is 4.13. The molecule has 0 saturated carbocycles. The van der Waals surface area contributed by atoms with Crippen LogP contribution < -0.4 is 16.1 Å². The third-order valence-electron chi connectivity index (χ3n) is 5.32. The quantitative estimate of drug-likeness (QED) is 0.292. The number of benzene rings is 1. The molecule has 31 heavy (non-hydrogen) atoms. The fraction of sp³-hybridized carbons (Fsp3) is 0.391. The summed E-state index contributed by atoms with van der Waals surface area (Å²) in [6.07, 6.45) is 6.51. The van der Waals surface area contributed by atoms with Gasteiger partial charge in [-0.05, 0) is 59.7 Å². The molecule has 1 amide bonds. The monoisotopic (exact) mass is 466 g/mol. The fourth-order valence-electron chi connectivity index (χ4n) is 3.62. The van der Waals surface area contributed by atoms with Crippen molar-refractivity contribution in [3.8, 4) is 0 Å². The summed E-state index contributed by atoms with van der Waals surface area (Å²) < 4.78 is 0. The largest absolute Gasteiger partial charge is 0.363 e. The summed E-state index contributed by atoms with van der Waals surface area (Å²) in [5.74, 6) is 0.240. The van der Waals surface area contributed by atoms with Gasteiger partial charge in [0.1, 0.15) is 5.82 Å². The first-order chi connectivity index (χ1) is 13.8. The number of carbonyl (C=O) groups excluding carboxylic acids is 1. The van der Waals surface area contributed by atoms with Gasteiger partial charge in [0.25, 0.3) is 5.91 Å². The Hall–Kier alpha value is -2.12. The smallest absolute Gasteiger partial charge is 0.267 e. The maximum Gasteiger partial charge on any atom is 0.267 e. The van der Waals surface area contributed by atoms with Crippen molar-refractivity contribution in [1.29, 1.82) is 0 Å². The molecule has 0 aliphatic carbocycles. The lowest BCUT2D eigenvalue weighted by molar-refractivity contribution is -0.124. The first kappa shape index (κ1) is 26.9. The molecule has 0 unspecified atom stereocenters. The van der Waals surface area contributed by atoms with Gasteiger partial charge in [-0.1, -0.05) is 45.0 Å². The van der Waals surface area contributed by atoms with Crippen molar-refractivity contribution in [2.24, 2.45) is 0 Å². The summed E-state index contributed by atoms with van der Waals surface area (Å²) in [7, 11) is 0. The number of amides is 1. The standard InChI is InChI=1S/C23H30N4O2.2ClH/c1-22(2,3)19-8-4-17(5-9-19)14-23(12-13-24-16-23)26-20-10-6-18(15-25-20)7-11-21(28)27-29;;/h4-11,15,24,29H,12-14,16H2,1-3H3,(H,25,26)(H,27,28);2*1H/b11-7+;;/t23-;;/m0../s1. The van der Waals surface area contributed by atoms with Crippen LogP contribution in [0.3, 0.4) is 0 Å². The van der Waals surface area contributed by atoms with Crippen LogP contribution in [0.15, 0.2) is 48.7 Å². The minimum absolute atomic E-state index is 0. The Bertz CT molecular complexity index is 857. The Balaban J connectivity index is 0.00000240. The number of carbonyl (C=O) groups is 1. The molecule has 0 radical (unpaired) electrons. The lowest BCUT2D eigenvalue weighted by atomic mass is 9.84. The van der Waals surface area contributed by atoms with E-state index in [0.717, 1.165) is 37.3 Å². The number of pyridine rings is 1. The highest BCUT2D eigenvalue weighted by atomic mass is 35.5. The fourth-order valence-corrected chi connectivity index (χ4v) is 3.62. The number of anilines is 1. The van der Waals surface area contributed by atoms with Gasteiger partial charge in [0.15, 0.2) is 0 Å². The summed E-state index contributed by atoms with van der Waals surface area (Å²) in [5.41, 5.74) is 5.08. The minimum atomic E-state index is -0.569. The zero-order valence-corrected chi connectivity index (χ0v) is 19.8. The van der Waals surface area contributed by atoms with Gasteiger partial charge in [0, 0.05) is 18.8 Å². The summed E-state index contributed by atoms with van der Waals surface area (Å²) in [4.78, 5) is 15.6. The molecule has 170 valence electrons. The van der Waals surface area contributed by atoms with Crippen molar-refractivity contribution in [3.05, 3.63) is 65.4 Å². The Morgan fingerprint density at radius 1 is 1.19 bits per heavy atom. The predicted molar refractivity (Wildman–Crippen MR) is 130 cm³/mol. The van der Waals surface area contributed by atoms with Crippen molar-refractivity contribution < 1.29 is 10.0 Å². The second-order valence-electron chi connectivity index (χ2n) is 8.74.